The van der Waals surface area contributed by atoms with Gasteiger partial charge in [-0.1, -0.05) is 41.0 Å². The fraction of sp³-hybridized carbons (Fsp3) is 0.962. The first-order valence-corrected chi connectivity index (χ1v) is 15.8. The first-order chi connectivity index (χ1) is 14.5. The lowest BCUT2D eigenvalue weighted by atomic mass is 9.65. The third kappa shape index (κ3) is 4.72. The van der Waals surface area contributed by atoms with E-state index in [9.17, 15) is 4.79 Å². The molecule has 31 heavy (non-hydrogen) atoms. The molecule has 0 saturated heterocycles. The highest BCUT2D eigenvalue weighted by Crippen LogP contribution is 2.60. The summed E-state index contributed by atoms with van der Waals surface area (Å²) < 4.78 is 18.9. The summed E-state index contributed by atoms with van der Waals surface area (Å²) in [5, 5.41) is 0.183. The predicted molar refractivity (Wildman–Crippen MR) is 128 cm³/mol. The van der Waals surface area contributed by atoms with Gasteiger partial charge in [0.15, 0.2) is 14.6 Å². The molecular weight excluding hydrogens is 404 g/mol. The van der Waals surface area contributed by atoms with Crippen molar-refractivity contribution in [2.24, 2.45) is 41.4 Å². The molecule has 3 saturated carbocycles. The Morgan fingerprint density at radius 2 is 1.61 bits per heavy atom. The summed E-state index contributed by atoms with van der Waals surface area (Å²) in [7, 11) is -1.91. The van der Waals surface area contributed by atoms with Crippen molar-refractivity contribution in [1.82, 2.24) is 0 Å². The highest BCUT2D eigenvalue weighted by molar-refractivity contribution is 6.74. The number of Topliss-reactive ketones (excluding diaryl/α,β-unsaturated/α-hetero) is 1. The van der Waals surface area contributed by atoms with E-state index in [1.54, 1.807) is 0 Å². The Hall–Kier alpha value is -0.233. The van der Waals surface area contributed by atoms with E-state index >= 15 is 0 Å². The van der Waals surface area contributed by atoms with E-state index in [4.69, 9.17) is 13.9 Å². The van der Waals surface area contributed by atoms with E-state index in [0.717, 1.165) is 12.8 Å². The minimum atomic E-state index is -1.91. The second kappa shape index (κ2) is 9.56. The molecule has 1 unspecified atom stereocenters. The topological polar surface area (TPSA) is 44.8 Å². The van der Waals surface area contributed by atoms with E-state index in [1.165, 1.54) is 12.8 Å². The first kappa shape index (κ1) is 25.4. The molecule has 3 rings (SSSR count). The number of carbonyl (C=O) groups is 1. The maximum Gasteiger partial charge on any atom is 0.192 e. The van der Waals surface area contributed by atoms with Crippen molar-refractivity contribution in [3.05, 3.63) is 0 Å². The highest BCUT2D eigenvalue weighted by Gasteiger charge is 2.60. The monoisotopic (exact) mass is 452 g/mol. The van der Waals surface area contributed by atoms with Gasteiger partial charge < -0.3 is 13.9 Å². The summed E-state index contributed by atoms with van der Waals surface area (Å²) in [4.78, 5) is 13.7. The molecule has 0 spiro atoms. The summed E-state index contributed by atoms with van der Waals surface area (Å²) in [6.07, 6.45) is 4.15. The van der Waals surface area contributed by atoms with Gasteiger partial charge in [-0.15, -0.1) is 0 Å². The molecule has 0 aromatic heterocycles. The van der Waals surface area contributed by atoms with Crippen LogP contribution in [0.3, 0.4) is 0 Å². The first-order valence-electron chi connectivity index (χ1n) is 12.9. The molecule has 0 aromatic carbocycles. The van der Waals surface area contributed by atoms with E-state index in [1.807, 2.05) is 13.8 Å². The average molecular weight is 453 g/mol. The molecule has 3 aliphatic rings. The zero-order valence-corrected chi connectivity index (χ0v) is 22.6. The zero-order valence-electron chi connectivity index (χ0n) is 21.6. The summed E-state index contributed by atoms with van der Waals surface area (Å²) in [6, 6.07) is 0. The normalized spacial score (nSPS) is 38.6. The van der Waals surface area contributed by atoms with Crippen LogP contribution in [0.5, 0.6) is 0 Å². The van der Waals surface area contributed by atoms with Gasteiger partial charge >= 0.3 is 0 Å². The number of ether oxygens (including phenoxy) is 2. The van der Waals surface area contributed by atoms with Crippen LogP contribution >= 0.6 is 0 Å². The van der Waals surface area contributed by atoms with Gasteiger partial charge in [0.25, 0.3) is 0 Å². The van der Waals surface area contributed by atoms with E-state index in [0.29, 0.717) is 48.6 Å². The van der Waals surface area contributed by atoms with Crippen molar-refractivity contribution >= 4 is 14.1 Å². The van der Waals surface area contributed by atoms with Crippen LogP contribution in [0.1, 0.15) is 74.1 Å². The van der Waals surface area contributed by atoms with Gasteiger partial charge in [-0.3, -0.25) is 4.79 Å². The van der Waals surface area contributed by atoms with Crippen LogP contribution in [-0.4, -0.2) is 39.7 Å². The summed E-state index contributed by atoms with van der Waals surface area (Å²) in [5.74, 6) is 3.49. The maximum atomic E-state index is 13.7. The summed E-state index contributed by atoms with van der Waals surface area (Å²) >= 11 is 0. The smallest absolute Gasteiger partial charge is 0.192 e. The van der Waals surface area contributed by atoms with Gasteiger partial charge in [-0.05, 0) is 80.8 Å². The van der Waals surface area contributed by atoms with Gasteiger partial charge in [-0.2, -0.15) is 0 Å². The van der Waals surface area contributed by atoms with Gasteiger partial charge in [0.05, 0.1) is 5.92 Å². The van der Waals surface area contributed by atoms with Crippen molar-refractivity contribution in [2.45, 2.75) is 105 Å². The molecule has 0 radical (unpaired) electrons. The zero-order chi connectivity index (χ0) is 23.1. The van der Waals surface area contributed by atoms with Gasteiger partial charge in [0.2, 0.25) is 0 Å². The molecule has 4 nitrogen and oxygen atoms in total. The van der Waals surface area contributed by atoms with Crippen LogP contribution in [0.4, 0.5) is 0 Å². The molecular formula is C26H48O4Si. The molecule has 0 heterocycles. The van der Waals surface area contributed by atoms with Crippen LogP contribution in [0, 0.1) is 41.4 Å². The second-order valence-corrected chi connectivity index (χ2v) is 16.7. The Balaban J connectivity index is 1.90. The van der Waals surface area contributed by atoms with Crippen LogP contribution in [-0.2, 0) is 18.7 Å². The second-order valence-electron chi connectivity index (χ2n) is 12.0. The minimum Gasteiger partial charge on any atom is -0.414 e. The quantitative estimate of drug-likeness (QED) is 0.320. The number of ketones is 1. The maximum absolute atomic E-state index is 13.7. The third-order valence-electron chi connectivity index (χ3n) is 9.32. The molecule has 3 fully saturated rings. The van der Waals surface area contributed by atoms with Crippen LogP contribution in [0.15, 0.2) is 0 Å². The molecule has 5 heteroatoms. The third-order valence-corrected chi connectivity index (χ3v) is 13.8. The van der Waals surface area contributed by atoms with Gasteiger partial charge in [-0.25, -0.2) is 0 Å². The average Bonchev–Trinajstić information content (AvgIpc) is 3.17. The Bertz CT molecular complexity index is 621. The van der Waals surface area contributed by atoms with Crippen LogP contribution in [0.25, 0.3) is 0 Å². The molecule has 0 aromatic rings. The number of fused-ring (bicyclic) bond motifs is 3. The molecule has 0 aliphatic heterocycles. The van der Waals surface area contributed by atoms with Crippen molar-refractivity contribution in [1.29, 1.82) is 0 Å². The Kier molecular flexibility index (Phi) is 7.83. The van der Waals surface area contributed by atoms with Gasteiger partial charge in [0, 0.05) is 25.2 Å². The number of hydrogen-bond acceptors (Lipinski definition) is 4. The van der Waals surface area contributed by atoms with E-state index in [2.05, 4.69) is 47.7 Å². The van der Waals surface area contributed by atoms with Crippen molar-refractivity contribution in [2.75, 3.05) is 13.2 Å². The standard InChI is InChI=1S/C26H48O4Si/c1-10-17-16(4)13-19-18-14-21(25(28-11-2)29-12-3)24(27)20(18)15-22(23(17)19)30-31(8,9)26(5,6)7/h16-23,25H,10-15H2,1-9H3/t16-,17-,18-,19-,20+,21?,22-,23+/m1/s1. The predicted octanol–water partition coefficient (Wildman–Crippen LogP) is 6.30. The molecule has 0 N–H and O–H groups in total. The molecule has 180 valence electrons. The number of rotatable bonds is 8. The van der Waals surface area contributed by atoms with Crippen molar-refractivity contribution in [3.8, 4) is 0 Å². The Morgan fingerprint density at radius 3 is 2.13 bits per heavy atom. The SMILES string of the molecule is CCOC(OCC)C1C[C@@H]2[C@H]3C[C@@H](C)[C@@H](CC)[C@@H]3[C@H](O[Si](C)(C)C(C)(C)C)C[C@@H]2C1=O. The number of carbonyl (C=O) groups excluding carboxylic acids is 1. The van der Waals surface area contributed by atoms with Crippen molar-refractivity contribution in [3.63, 3.8) is 0 Å². The van der Waals surface area contributed by atoms with Crippen molar-refractivity contribution < 1.29 is 18.7 Å². The van der Waals surface area contributed by atoms with Crippen LogP contribution < -0.4 is 0 Å². The Morgan fingerprint density at radius 1 is 1.00 bits per heavy atom. The lowest BCUT2D eigenvalue weighted by Crippen LogP contribution is -2.51. The summed E-state index contributed by atoms with van der Waals surface area (Å²) in [5.41, 5.74) is 0. The minimum absolute atomic E-state index is 0.113. The molecule has 0 bridgehead atoms. The Labute approximate surface area is 192 Å². The van der Waals surface area contributed by atoms with E-state index in [-0.39, 0.29) is 29.3 Å². The summed E-state index contributed by atoms with van der Waals surface area (Å²) in [6.45, 7) is 21.6. The largest absolute Gasteiger partial charge is 0.414 e. The lowest BCUT2D eigenvalue weighted by Gasteiger charge is -2.48. The fourth-order valence-corrected chi connectivity index (χ4v) is 8.28. The fourth-order valence-electron chi connectivity index (χ4n) is 6.91. The van der Waals surface area contributed by atoms with E-state index < -0.39 is 8.32 Å². The number of hydrogen-bond donors (Lipinski definition) is 0. The molecule has 0 amide bonds. The lowest BCUT2D eigenvalue weighted by molar-refractivity contribution is -0.172. The van der Waals surface area contributed by atoms with Crippen LogP contribution in [0.2, 0.25) is 18.1 Å². The molecule has 8 atom stereocenters. The molecule has 3 aliphatic carbocycles. The van der Waals surface area contributed by atoms with Gasteiger partial charge in [0.1, 0.15) is 5.78 Å². The highest BCUT2D eigenvalue weighted by atomic mass is 28.4.